The third-order valence-electron chi connectivity index (χ3n) is 4.16. The highest BCUT2D eigenvalue weighted by atomic mass is 16.3. The second-order valence-electron chi connectivity index (χ2n) is 5.72. The van der Waals surface area contributed by atoms with E-state index in [0.29, 0.717) is 6.54 Å². The van der Waals surface area contributed by atoms with Crippen molar-refractivity contribution in [2.45, 2.75) is 19.1 Å². The molecule has 0 spiro atoms. The Morgan fingerprint density at radius 3 is 2.55 bits per heavy atom. The van der Waals surface area contributed by atoms with Gasteiger partial charge in [-0.15, -0.1) is 0 Å². The van der Waals surface area contributed by atoms with E-state index in [-0.39, 0.29) is 6.04 Å². The zero-order valence-electron chi connectivity index (χ0n) is 13.0. The summed E-state index contributed by atoms with van der Waals surface area (Å²) in [6.45, 7) is 2.66. The summed E-state index contributed by atoms with van der Waals surface area (Å²) in [5.74, 6) is 0. The third kappa shape index (κ3) is 2.65. The molecule has 0 aliphatic carbocycles. The highest BCUT2D eigenvalue weighted by Gasteiger charge is 2.23. The van der Waals surface area contributed by atoms with E-state index in [2.05, 4.69) is 59.4 Å². The molecule has 3 nitrogen and oxygen atoms in total. The number of nitrogens with zero attached hydrogens (tertiary/aromatic N) is 1. The molecule has 0 radical (unpaired) electrons. The van der Waals surface area contributed by atoms with Gasteiger partial charge in [0.1, 0.15) is 0 Å². The fourth-order valence-corrected chi connectivity index (χ4v) is 3.17. The molecule has 2 unspecified atom stereocenters. The van der Waals surface area contributed by atoms with E-state index in [1.807, 2.05) is 25.2 Å². The number of rotatable bonds is 5. The Morgan fingerprint density at radius 2 is 1.82 bits per heavy atom. The lowest BCUT2D eigenvalue weighted by Gasteiger charge is -2.26. The quantitative estimate of drug-likeness (QED) is 0.758. The number of para-hydroxylation sites is 1. The third-order valence-corrected chi connectivity index (χ3v) is 4.16. The van der Waals surface area contributed by atoms with Gasteiger partial charge in [0, 0.05) is 12.7 Å². The minimum Gasteiger partial charge on any atom is -0.389 e. The van der Waals surface area contributed by atoms with Crippen LogP contribution >= 0.6 is 0 Å². The Balaban J connectivity index is 2.16. The van der Waals surface area contributed by atoms with Crippen LogP contribution in [0.15, 0.2) is 60.8 Å². The predicted molar refractivity (Wildman–Crippen MR) is 91.2 cm³/mol. The Kier molecular flexibility index (Phi) is 4.27. The monoisotopic (exact) mass is 294 g/mol. The Hall–Kier alpha value is -2.10. The Bertz CT molecular complexity index is 748. The summed E-state index contributed by atoms with van der Waals surface area (Å²) in [6.07, 6.45) is 1.58. The molecule has 0 saturated carbocycles. The summed E-state index contributed by atoms with van der Waals surface area (Å²) < 4.78 is 2.20. The molecular formula is C19H22N2O. The molecule has 0 aliphatic rings. The number of fused-ring (bicyclic) bond motifs is 1. The lowest BCUT2D eigenvalue weighted by atomic mass is 10.0. The first-order chi connectivity index (χ1) is 10.7. The number of benzene rings is 2. The highest BCUT2D eigenvalue weighted by molar-refractivity contribution is 5.83. The van der Waals surface area contributed by atoms with Crippen LogP contribution < -0.4 is 5.32 Å². The largest absolute Gasteiger partial charge is 0.389 e. The van der Waals surface area contributed by atoms with E-state index < -0.39 is 6.10 Å². The maximum Gasteiger partial charge on any atom is 0.0912 e. The molecule has 1 aromatic heterocycles. The average Bonchev–Trinajstić information content (AvgIpc) is 2.94. The number of aliphatic hydroxyl groups excluding tert-OH is 1. The van der Waals surface area contributed by atoms with Gasteiger partial charge in [-0.1, -0.05) is 48.5 Å². The van der Waals surface area contributed by atoms with Crippen molar-refractivity contribution in [2.24, 2.45) is 0 Å². The topological polar surface area (TPSA) is 37.2 Å². The fraction of sp³-hybridized carbons (Fsp3) is 0.263. The molecule has 2 N–H and O–H groups in total. The number of hydrogen-bond acceptors (Lipinski definition) is 2. The molecule has 114 valence electrons. The van der Waals surface area contributed by atoms with E-state index in [9.17, 15) is 5.11 Å². The van der Waals surface area contributed by atoms with Gasteiger partial charge in [0.25, 0.3) is 0 Å². The van der Waals surface area contributed by atoms with Crippen LogP contribution in [0.3, 0.4) is 0 Å². The number of aryl methyl sites for hydroxylation is 1. The molecule has 22 heavy (non-hydrogen) atoms. The Morgan fingerprint density at radius 1 is 1.05 bits per heavy atom. The molecule has 0 amide bonds. The molecule has 0 bridgehead atoms. The van der Waals surface area contributed by atoms with E-state index >= 15 is 0 Å². The van der Waals surface area contributed by atoms with Gasteiger partial charge >= 0.3 is 0 Å². The van der Waals surface area contributed by atoms with Crippen molar-refractivity contribution in [3.8, 4) is 0 Å². The van der Waals surface area contributed by atoms with Gasteiger partial charge in [0.15, 0.2) is 0 Å². The molecule has 3 aromatic rings. The highest BCUT2D eigenvalue weighted by Crippen LogP contribution is 2.29. The van der Waals surface area contributed by atoms with Gasteiger partial charge in [0.05, 0.1) is 17.7 Å². The van der Waals surface area contributed by atoms with Crippen LogP contribution in [0.1, 0.15) is 17.2 Å². The summed E-state index contributed by atoms with van der Waals surface area (Å²) in [7, 11) is 1.87. The molecule has 2 atom stereocenters. The molecule has 3 rings (SSSR count). The SMILES string of the molecule is CNCC(O)C(c1ccccc1)n1ccc2cccc(C)c21. The zero-order chi connectivity index (χ0) is 15.5. The maximum atomic E-state index is 10.7. The van der Waals surface area contributed by atoms with E-state index in [1.54, 1.807) is 0 Å². The first-order valence-electron chi connectivity index (χ1n) is 7.66. The lowest BCUT2D eigenvalue weighted by Crippen LogP contribution is -2.33. The minimum atomic E-state index is -0.498. The van der Waals surface area contributed by atoms with Crippen molar-refractivity contribution in [3.05, 3.63) is 71.9 Å². The summed E-state index contributed by atoms with van der Waals surface area (Å²) >= 11 is 0. The van der Waals surface area contributed by atoms with Crippen LogP contribution in [0.25, 0.3) is 10.9 Å². The second kappa shape index (κ2) is 6.34. The molecule has 0 aliphatic heterocycles. The van der Waals surface area contributed by atoms with Gasteiger partial charge in [-0.3, -0.25) is 0 Å². The minimum absolute atomic E-state index is 0.104. The van der Waals surface area contributed by atoms with Gasteiger partial charge < -0.3 is 15.0 Å². The van der Waals surface area contributed by atoms with Crippen LogP contribution in [-0.2, 0) is 0 Å². The van der Waals surface area contributed by atoms with Crippen molar-refractivity contribution < 1.29 is 5.11 Å². The van der Waals surface area contributed by atoms with E-state index in [0.717, 1.165) is 5.56 Å². The number of aliphatic hydroxyl groups is 1. The molecule has 1 heterocycles. The first-order valence-corrected chi connectivity index (χ1v) is 7.66. The molecule has 0 saturated heterocycles. The van der Waals surface area contributed by atoms with Crippen molar-refractivity contribution in [1.29, 1.82) is 0 Å². The smallest absolute Gasteiger partial charge is 0.0912 e. The standard InChI is InChI=1S/C19H22N2O/c1-14-7-6-10-16-11-12-21(18(14)16)19(17(22)13-20-2)15-8-4-3-5-9-15/h3-12,17,19-20,22H,13H2,1-2H3. The maximum absolute atomic E-state index is 10.7. The number of hydrogen-bond donors (Lipinski definition) is 2. The summed E-state index contributed by atoms with van der Waals surface area (Å²) in [5.41, 5.74) is 3.53. The van der Waals surface area contributed by atoms with Crippen LogP contribution in [0.5, 0.6) is 0 Å². The van der Waals surface area contributed by atoms with E-state index in [4.69, 9.17) is 0 Å². The molecule has 3 heteroatoms. The zero-order valence-corrected chi connectivity index (χ0v) is 13.0. The molecule has 0 fully saturated rings. The van der Waals surface area contributed by atoms with Gasteiger partial charge in [-0.05, 0) is 36.6 Å². The fourth-order valence-electron chi connectivity index (χ4n) is 3.17. The summed E-state index contributed by atoms with van der Waals surface area (Å²) in [5, 5.41) is 15.0. The summed E-state index contributed by atoms with van der Waals surface area (Å²) in [6, 6.07) is 18.5. The van der Waals surface area contributed by atoms with Crippen molar-refractivity contribution in [1.82, 2.24) is 9.88 Å². The predicted octanol–water partition coefficient (Wildman–Crippen LogP) is 3.12. The van der Waals surface area contributed by atoms with Crippen LogP contribution in [0.4, 0.5) is 0 Å². The van der Waals surface area contributed by atoms with Gasteiger partial charge in [-0.2, -0.15) is 0 Å². The van der Waals surface area contributed by atoms with Crippen molar-refractivity contribution in [3.63, 3.8) is 0 Å². The number of likely N-dealkylation sites (N-methyl/N-ethyl adjacent to an activating group) is 1. The molecule has 2 aromatic carbocycles. The van der Waals surface area contributed by atoms with E-state index in [1.165, 1.54) is 16.5 Å². The van der Waals surface area contributed by atoms with Crippen molar-refractivity contribution >= 4 is 10.9 Å². The van der Waals surface area contributed by atoms with Crippen LogP contribution in [-0.4, -0.2) is 29.4 Å². The average molecular weight is 294 g/mol. The van der Waals surface area contributed by atoms with Gasteiger partial charge in [0.2, 0.25) is 0 Å². The van der Waals surface area contributed by atoms with Crippen molar-refractivity contribution in [2.75, 3.05) is 13.6 Å². The molecular weight excluding hydrogens is 272 g/mol. The first kappa shape index (κ1) is 14.8. The number of nitrogens with one attached hydrogen (secondary N) is 1. The van der Waals surface area contributed by atoms with Gasteiger partial charge in [-0.25, -0.2) is 0 Å². The van der Waals surface area contributed by atoms with Crippen LogP contribution in [0, 0.1) is 6.92 Å². The normalized spacial score (nSPS) is 14.1. The lowest BCUT2D eigenvalue weighted by molar-refractivity contribution is 0.132. The van der Waals surface area contributed by atoms with Crippen LogP contribution in [0.2, 0.25) is 0 Å². The summed E-state index contributed by atoms with van der Waals surface area (Å²) in [4.78, 5) is 0. The Labute approximate surface area is 131 Å². The number of aromatic nitrogens is 1. The second-order valence-corrected chi connectivity index (χ2v) is 5.72.